The molecule has 0 radical (unpaired) electrons. The van der Waals surface area contributed by atoms with Gasteiger partial charge in [0.25, 0.3) is 0 Å². The van der Waals surface area contributed by atoms with Crippen LogP contribution in [0.3, 0.4) is 0 Å². The van der Waals surface area contributed by atoms with E-state index in [9.17, 15) is 10.1 Å². The SMILES string of the molecule is CCn1c(-c2ccc(C(C)(C)C)cc2)c(C#N)c2ccc(C(N)=O)cc21. The Hall–Kier alpha value is -3.06. The van der Waals surface area contributed by atoms with Gasteiger partial charge in [0.2, 0.25) is 5.91 Å². The summed E-state index contributed by atoms with van der Waals surface area (Å²) in [5.74, 6) is -0.467. The largest absolute Gasteiger partial charge is 0.366 e. The van der Waals surface area contributed by atoms with E-state index in [0.717, 1.165) is 22.2 Å². The van der Waals surface area contributed by atoms with E-state index in [1.165, 1.54) is 5.56 Å². The summed E-state index contributed by atoms with van der Waals surface area (Å²) in [4.78, 5) is 11.6. The number of hydrogen-bond donors (Lipinski definition) is 1. The Morgan fingerprint density at radius 2 is 1.81 bits per heavy atom. The lowest BCUT2D eigenvalue weighted by Gasteiger charge is -2.19. The van der Waals surface area contributed by atoms with Crippen molar-refractivity contribution >= 4 is 16.8 Å². The van der Waals surface area contributed by atoms with E-state index >= 15 is 0 Å². The fourth-order valence-electron chi connectivity index (χ4n) is 3.37. The number of aromatic nitrogens is 1. The van der Waals surface area contributed by atoms with Gasteiger partial charge < -0.3 is 10.3 Å². The Morgan fingerprint density at radius 1 is 1.15 bits per heavy atom. The van der Waals surface area contributed by atoms with Gasteiger partial charge >= 0.3 is 0 Å². The number of nitrogens with two attached hydrogens (primary N) is 1. The highest BCUT2D eigenvalue weighted by atomic mass is 16.1. The van der Waals surface area contributed by atoms with Crippen LogP contribution in [0.5, 0.6) is 0 Å². The Morgan fingerprint density at radius 3 is 2.31 bits per heavy atom. The lowest BCUT2D eigenvalue weighted by atomic mass is 9.86. The van der Waals surface area contributed by atoms with Crippen molar-refractivity contribution in [1.29, 1.82) is 5.26 Å². The van der Waals surface area contributed by atoms with Gasteiger partial charge in [-0.2, -0.15) is 5.26 Å². The Labute approximate surface area is 153 Å². The summed E-state index contributed by atoms with van der Waals surface area (Å²) < 4.78 is 2.08. The molecule has 3 rings (SSSR count). The van der Waals surface area contributed by atoms with Crippen LogP contribution in [0.25, 0.3) is 22.2 Å². The third-order valence-corrected chi connectivity index (χ3v) is 4.80. The number of nitriles is 1. The minimum Gasteiger partial charge on any atom is -0.366 e. The molecular weight excluding hydrogens is 322 g/mol. The number of nitrogens with zero attached hydrogens (tertiary/aromatic N) is 2. The molecule has 0 aliphatic carbocycles. The van der Waals surface area contributed by atoms with Crippen molar-refractivity contribution in [2.75, 3.05) is 0 Å². The van der Waals surface area contributed by atoms with Crippen molar-refractivity contribution in [3.63, 3.8) is 0 Å². The van der Waals surface area contributed by atoms with Crippen LogP contribution >= 0.6 is 0 Å². The van der Waals surface area contributed by atoms with Crippen LogP contribution in [0, 0.1) is 11.3 Å². The third kappa shape index (κ3) is 2.86. The maximum absolute atomic E-state index is 11.6. The fraction of sp³-hybridized carbons (Fsp3) is 0.273. The van der Waals surface area contributed by atoms with E-state index < -0.39 is 5.91 Å². The van der Waals surface area contributed by atoms with Gasteiger partial charge in [-0.25, -0.2) is 0 Å². The van der Waals surface area contributed by atoms with Gasteiger partial charge in [-0.15, -0.1) is 0 Å². The maximum Gasteiger partial charge on any atom is 0.248 e. The Balaban J connectivity index is 2.28. The summed E-state index contributed by atoms with van der Waals surface area (Å²) in [5, 5.41) is 10.6. The summed E-state index contributed by atoms with van der Waals surface area (Å²) in [5.41, 5.74) is 10.6. The number of hydrogen-bond acceptors (Lipinski definition) is 2. The second-order valence-corrected chi connectivity index (χ2v) is 7.50. The molecule has 1 amide bonds. The molecule has 2 N–H and O–H groups in total. The topological polar surface area (TPSA) is 71.8 Å². The van der Waals surface area contributed by atoms with Crippen molar-refractivity contribution < 1.29 is 4.79 Å². The maximum atomic E-state index is 11.6. The molecule has 0 saturated carbocycles. The molecule has 0 bridgehead atoms. The van der Waals surface area contributed by atoms with E-state index in [4.69, 9.17) is 5.73 Å². The summed E-state index contributed by atoms with van der Waals surface area (Å²) in [6.07, 6.45) is 0. The molecule has 0 unspecified atom stereocenters. The van der Waals surface area contributed by atoms with Crippen LogP contribution in [-0.2, 0) is 12.0 Å². The number of rotatable bonds is 3. The zero-order chi connectivity index (χ0) is 19.1. The molecule has 4 heteroatoms. The Bertz CT molecular complexity index is 1030. The zero-order valence-corrected chi connectivity index (χ0v) is 15.6. The first-order valence-electron chi connectivity index (χ1n) is 8.75. The molecular formula is C22H23N3O. The van der Waals surface area contributed by atoms with Crippen molar-refractivity contribution in [3.8, 4) is 17.3 Å². The molecule has 2 aromatic carbocycles. The first-order valence-corrected chi connectivity index (χ1v) is 8.75. The summed E-state index contributed by atoms with van der Waals surface area (Å²) in [6, 6.07) is 16.0. The van der Waals surface area contributed by atoms with Crippen LogP contribution in [0.15, 0.2) is 42.5 Å². The van der Waals surface area contributed by atoms with Gasteiger partial charge in [-0.05, 0) is 35.6 Å². The minimum absolute atomic E-state index is 0.0739. The molecule has 0 aliphatic rings. The van der Waals surface area contributed by atoms with E-state index in [1.54, 1.807) is 12.1 Å². The van der Waals surface area contributed by atoms with Gasteiger partial charge in [0.05, 0.1) is 16.8 Å². The summed E-state index contributed by atoms with van der Waals surface area (Å²) >= 11 is 0. The molecule has 0 fully saturated rings. The number of primary amides is 1. The highest BCUT2D eigenvalue weighted by Crippen LogP contribution is 2.35. The molecule has 0 spiro atoms. The van der Waals surface area contributed by atoms with Crippen LogP contribution in [0.1, 0.15) is 49.2 Å². The number of carbonyl (C=O) groups excluding carboxylic acids is 1. The van der Waals surface area contributed by atoms with Crippen LogP contribution in [-0.4, -0.2) is 10.5 Å². The molecule has 26 heavy (non-hydrogen) atoms. The van der Waals surface area contributed by atoms with E-state index in [2.05, 4.69) is 55.7 Å². The van der Waals surface area contributed by atoms with Crippen LogP contribution < -0.4 is 5.73 Å². The fourth-order valence-corrected chi connectivity index (χ4v) is 3.37. The van der Waals surface area contributed by atoms with Crippen molar-refractivity contribution in [3.05, 3.63) is 59.2 Å². The standard InChI is InChI=1S/C22H23N3O/c1-5-25-19-12-15(21(24)26)8-11-17(19)18(13-23)20(25)14-6-9-16(10-7-14)22(2,3)4/h6-12H,5H2,1-4H3,(H2,24,26). The lowest BCUT2D eigenvalue weighted by molar-refractivity contribution is 0.100. The van der Waals surface area contributed by atoms with Gasteiger partial charge in [-0.3, -0.25) is 4.79 Å². The quantitative estimate of drug-likeness (QED) is 0.753. The second kappa shape index (κ2) is 6.34. The van der Waals surface area contributed by atoms with Gasteiger partial charge in [0.15, 0.2) is 0 Å². The second-order valence-electron chi connectivity index (χ2n) is 7.50. The lowest BCUT2D eigenvalue weighted by Crippen LogP contribution is -2.11. The molecule has 0 aliphatic heterocycles. The molecule has 3 aromatic rings. The predicted molar refractivity (Wildman–Crippen MR) is 105 cm³/mol. The van der Waals surface area contributed by atoms with Crippen LogP contribution in [0.2, 0.25) is 0 Å². The van der Waals surface area contributed by atoms with E-state index in [0.29, 0.717) is 17.7 Å². The Kier molecular flexibility index (Phi) is 4.33. The van der Waals surface area contributed by atoms with Crippen molar-refractivity contribution in [2.45, 2.75) is 39.7 Å². The van der Waals surface area contributed by atoms with Gasteiger partial charge in [-0.1, -0.05) is 51.1 Å². The molecule has 4 nitrogen and oxygen atoms in total. The normalized spacial score (nSPS) is 11.5. The molecule has 0 atom stereocenters. The predicted octanol–water partition coefficient (Wildman–Crippen LogP) is 4.60. The molecule has 1 heterocycles. The summed E-state index contributed by atoms with van der Waals surface area (Å²) in [6.45, 7) is 9.26. The van der Waals surface area contributed by atoms with Crippen LogP contribution in [0.4, 0.5) is 0 Å². The monoisotopic (exact) mass is 345 g/mol. The van der Waals surface area contributed by atoms with Gasteiger partial charge in [0, 0.05) is 17.5 Å². The number of fused-ring (bicyclic) bond motifs is 1. The molecule has 0 saturated heterocycles. The molecule has 1 aromatic heterocycles. The number of aryl methyl sites for hydroxylation is 1. The number of amides is 1. The highest BCUT2D eigenvalue weighted by molar-refractivity contribution is 6.01. The minimum atomic E-state index is -0.467. The highest BCUT2D eigenvalue weighted by Gasteiger charge is 2.20. The first kappa shape index (κ1) is 17.8. The first-order chi connectivity index (χ1) is 12.3. The van der Waals surface area contributed by atoms with Crippen molar-refractivity contribution in [2.24, 2.45) is 5.73 Å². The van der Waals surface area contributed by atoms with Crippen molar-refractivity contribution in [1.82, 2.24) is 4.57 Å². The van der Waals surface area contributed by atoms with E-state index in [-0.39, 0.29) is 5.41 Å². The summed E-state index contributed by atoms with van der Waals surface area (Å²) in [7, 11) is 0. The number of benzene rings is 2. The number of carbonyl (C=O) groups is 1. The third-order valence-electron chi connectivity index (χ3n) is 4.80. The average Bonchev–Trinajstić information content (AvgIpc) is 2.93. The zero-order valence-electron chi connectivity index (χ0n) is 15.6. The van der Waals surface area contributed by atoms with Gasteiger partial charge in [0.1, 0.15) is 6.07 Å². The molecule has 132 valence electrons. The average molecular weight is 345 g/mol. The smallest absolute Gasteiger partial charge is 0.248 e. The van der Waals surface area contributed by atoms with E-state index in [1.807, 2.05) is 13.0 Å².